The van der Waals surface area contributed by atoms with Crippen molar-refractivity contribution in [3.05, 3.63) is 38.2 Å². The summed E-state index contributed by atoms with van der Waals surface area (Å²) in [4.78, 5) is 37.9. The van der Waals surface area contributed by atoms with Crippen LogP contribution in [0, 0.1) is 13.8 Å². The van der Waals surface area contributed by atoms with Crippen molar-refractivity contribution in [3.63, 3.8) is 0 Å². The quantitative estimate of drug-likeness (QED) is 0.636. The molecule has 0 saturated carbocycles. The SMILES string of the molecule is Cc1cc(=O)[nH]c(S[C@@H](C)C(=O)N(C)CCc2scnc2C)n1. The van der Waals surface area contributed by atoms with Crippen LogP contribution in [0.1, 0.15) is 23.2 Å². The molecule has 2 aromatic heterocycles. The maximum atomic E-state index is 12.4. The van der Waals surface area contributed by atoms with Gasteiger partial charge < -0.3 is 9.88 Å². The standard InChI is InChI=1S/C15H20N4O2S2/c1-9-7-13(20)18-15(17-9)23-11(3)14(21)19(4)6-5-12-10(2)16-8-22-12/h7-8,11H,5-6H2,1-4H3,(H,17,18,20)/t11-/m0/s1. The van der Waals surface area contributed by atoms with Crippen LogP contribution in [0.2, 0.25) is 0 Å². The molecule has 124 valence electrons. The predicted molar refractivity (Wildman–Crippen MR) is 93.1 cm³/mol. The topological polar surface area (TPSA) is 79.0 Å². The van der Waals surface area contributed by atoms with Gasteiger partial charge in [0.2, 0.25) is 5.91 Å². The summed E-state index contributed by atoms with van der Waals surface area (Å²) in [6.07, 6.45) is 0.801. The first-order chi connectivity index (χ1) is 10.9. The molecule has 23 heavy (non-hydrogen) atoms. The average molecular weight is 352 g/mol. The van der Waals surface area contributed by atoms with Gasteiger partial charge >= 0.3 is 0 Å². The van der Waals surface area contributed by atoms with Crippen molar-refractivity contribution in [1.82, 2.24) is 19.9 Å². The number of carbonyl (C=O) groups excluding carboxylic acids is 1. The van der Waals surface area contributed by atoms with Crippen LogP contribution >= 0.6 is 23.1 Å². The number of aryl methyl sites for hydroxylation is 2. The molecule has 0 saturated heterocycles. The van der Waals surface area contributed by atoms with Crippen LogP contribution in [0.4, 0.5) is 0 Å². The van der Waals surface area contributed by atoms with Gasteiger partial charge in [-0.05, 0) is 20.8 Å². The smallest absolute Gasteiger partial charge is 0.251 e. The second-order valence-electron chi connectivity index (χ2n) is 5.32. The van der Waals surface area contributed by atoms with E-state index in [1.165, 1.54) is 22.7 Å². The first-order valence-electron chi connectivity index (χ1n) is 7.25. The molecule has 0 fully saturated rings. The molecular weight excluding hydrogens is 332 g/mol. The number of amides is 1. The molecule has 8 heteroatoms. The normalized spacial score (nSPS) is 12.2. The minimum atomic E-state index is -0.312. The largest absolute Gasteiger partial charge is 0.344 e. The van der Waals surface area contributed by atoms with Gasteiger partial charge in [-0.3, -0.25) is 9.59 Å². The molecule has 2 heterocycles. The molecule has 1 N–H and O–H groups in total. The fourth-order valence-corrected chi connectivity index (χ4v) is 3.82. The van der Waals surface area contributed by atoms with Crippen LogP contribution < -0.4 is 5.56 Å². The fraction of sp³-hybridized carbons (Fsp3) is 0.467. The van der Waals surface area contributed by atoms with Crippen LogP contribution in [-0.2, 0) is 11.2 Å². The molecular formula is C15H20N4O2S2. The van der Waals surface area contributed by atoms with Gasteiger partial charge in [0.1, 0.15) is 0 Å². The van der Waals surface area contributed by atoms with Crippen molar-refractivity contribution in [2.45, 2.75) is 37.6 Å². The molecule has 2 aromatic rings. The minimum absolute atomic E-state index is 0.0151. The highest BCUT2D eigenvalue weighted by Gasteiger charge is 2.20. The Balaban J connectivity index is 1.93. The number of hydrogen-bond donors (Lipinski definition) is 1. The molecule has 0 aliphatic carbocycles. The summed E-state index contributed by atoms with van der Waals surface area (Å²) in [5, 5.41) is 0.162. The lowest BCUT2D eigenvalue weighted by Gasteiger charge is -2.20. The van der Waals surface area contributed by atoms with Crippen molar-refractivity contribution < 1.29 is 4.79 Å². The number of hydrogen-bond acceptors (Lipinski definition) is 6. The van der Waals surface area contributed by atoms with Crippen LogP contribution in [0.5, 0.6) is 0 Å². The van der Waals surface area contributed by atoms with E-state index in [9.17, 15) is 9.59 Å². The second kappa shape index (κ2) is 7.74. The average Bonchev–Trinajstić information content (AvgIpc) is 2.88. The Morgan fingerprint density at radius 1 is 1.48 bits per heavy atom. The number of aromatic nitrogens is 3. The third kappa shape index (κ3) is 4.90. The van der Waals surface area contributed by atoms with E-state index in [1.54, 1.807) is 30.2 Å². The Hall–Kier alpha value is -1.67. The molecule has 1 atom stereocenters. The second-order valence-corrected chi connectivity index (χ2v) is 7.59. The van der Waals surface area contributed by atoms with Crippen LogP contribution in [0.3, 0.4) is 0 Å². The first-order valence-corrected chi connectivity index (χ1v) is 9.01. The Kier molecular flexibility index (Phi) is 5.95. The van der Waals surface area contributed by atoms with E-state index >= 15 is 0 Å². The van der Waals surface area contributed by atoms with E-state index in [0.29, 0.717) is 17.4 Å². The van der Waals surface area contributed by atoms with Gasteiger partial charge in [0, 0.05) is 36.7 Å². The number of thiazole rings is 1. The number of aromatic amines is 1. The summed E-state index contributed by atoms with van der Waals surface area (Å²) >= 11 is 2.88. The Morgan fingerprint density at radius 3 is 2.83 bits per heavy atom. The summed E-state index contributed by atoms with van der Waals surface area (Å²) in [5.74, 6) is 0.0151. The number of carbonyl (C=O) groups is 1. The molecule has 0 spiro atoms. The molecule has 0 bridgehead atoms. The van der Waals surface area contributed by atoms with Gasteiger partial charge in [0.15, 0.2) is 5.16 Å². The van der Waals surface area contributed by atoms with Gasteiger partial charge in [-0.1, -0.05) is 11.8 Å². The van der Waals surface area contributed by atoms with Crippen LogP contribution in [0.25, 0.3) is 0 Å². The first kappa shape index (κ1) is 17.7. The summed E-state index contributed by atoms with van der Waals surface area (Å²) in [6.45, 7) is 6.20. The summed E-state index contributed by atoms with van der Waals surface area (Å²) in [7, 11) is 1.79. The monoisotopic (exact) mass is 352 g/mol. The van der Waals surface area contributed by atoms with E-state index in [2.05, 4.69) is 15.0 Å². The minimum Gasteiger partial charge on any atom is -0.344 e. The molecule has 0 aliphatic heterocycles. The zero-order valence-corrected chi connectivity index (χ0v) is 15.3. The molecule has 2 rings (SSSR count). The maximum Gasteiger partial charge on any atom is 0.251 e. The Bertz CT molecular complexity index is 741. The van der Waals surface area contributed by atoms with Gasteiger partial charge in [0.25, 0.3) is 5.56 Å². The van der Waals surface area contributed by atoms with Gasteiger partial charge in [-0.25, -0.2) is 9.97 Å². The van der Waals surface area contributed by atoms with E-state index in [1.807, 2.05) is 19.4 Å². The molecule has 0 aromatic carbocycles. The third-order valence-electron chi connectivity index (χ3n) is 3.38. The van der Waals surface area contributed by atoms with E-state index in [-0.39, 0.29) is 16.7 Å². The highest BCUT2D eigenvalue weighted by molar-refractivity contribution is 8.00. The van der Waals surface area contributed by atoms with Crippen molar-refractivity contribution in [1.29, 1.82) is 0 Å². The van der Waals surface area contributed by atoms with E-state index in [0.717, 1.165) is 12.1 Å². The van der Waals surface area contributed by atoms with Crippen molar-refractivity contribution in [2.24, 2.45) is 0 Å². The summed E-state index contributed by atoms with van der Waals surface area (Å²) in [5.41, 5.74) is 3.29. The lowest BCUT2D eigenvalue weighted by molar-refractivity contribution is -0.128. The van der Waals surface area contributed by atoms with Gasteiger partial charge in [-0.2, -0.15) is 0 Å². The number of thioether (sulfide) groups is 1. The van der Waals surface area contributed by atoms with Crippen LogP contribution in [-0.4, -0.2) is 44.6 Å². The number of H-pyrrole nitrogens is 1. The molecule has 0 unspecified atom stereocenters. The number of likely N-dealkylation sites (N-methyl/N-ethyl adjacent to an activating group) is 1. The number of rotatable bonds is 6. The lowest BCUT2D eigenvalue weighted by atomic mass is 10.3. The van der Waals surface area contributed by atoms with Crippen molar-refractivity contribution in [2.75, 3.05) is 13.6 Å². The maximum absolute atomic E-state index is 12.4. The predicted octanol–water partition coefficient (Wildman–Crippen LogP) is 2.02. The third-order valence-corrected chi connectivity index (χ3v) is 5.35. The van der Waals surface area contributed by atoms with Gasteiger partial charge in [0.05, 0.1) is 16.5 Å². The molecule has 6 nitrogen and oxygen atoms in total. The number of nitrogens with one attached hydrogen (secondary N) is 1. The Morgan fingerprint density at radius 2 is 2.22 bits per heavy atom. The molecule has 0 aliphatic rings. The summed E-state index contributed by atoms with van der Waals surface area (Å²) in [6, 6.07) is 1.43. The highest BCUT2D eigenvalue weighted by atomic mass is 32.2. The van der Waals surface area contributed by atoms with Crippen molar-refractivity contribution in [3.8, 4) is 0 Å². The lowest BCUT2D eigenvalue weighted by Crippen LogP contribution is -2.34. The van der Waals surface area contributed by atoms with E-state index in [4.69, 9.17) is 0 Å². The van der Waals surface area contributed by atoms with Crippen LogP contribution in [0.15, 0.2) is 21.5 Å². The number of nitrogens with zero attached hydrogens (tertiary/aromatic N) is 3. The van der Waals surface area contributed by atoms with E-state index < -0.39 is 0 Å². The molecule has 0 radical (unpaired) electrons. The highest BCUT2D eigenvalue weighted by Crippen LogP contribution is 2.20. The zero-order valence-electron chi connectivity index (χ0n) is 13.6. The van der Waals surface area contributed by atoms with Crippen molar-refractivity contribution >= 4 is 29.0 Å². The summed E-state index contributed by atoms with van der Waals surface area (Å²) < 4.78 is 0. The molecule has 1 amide bonds. The van der Waals surface area contributed by atoms with Gasteiger partial charge in [-0.15, -0.1) is 11.3 Å². The fourth-order valence-electron chi connectivity index (χ4n) is 2.08. The zero-order chi connectivity index (χ0) is 17.0. The Labute approximate surface area is 143 Å².